The van der Waals surface area contributed by atoms with E-state index in [1.54, 1.807) is 55.5 Å². The first-order valence-electron chi connectivity index (χ1n) is 12.8. The average Bonchev–Trinajstić information content (AvgIpc) is 3.22. The molecule has 206 valence electrons. The molecule has 6 nitrogen and oxygen atoms in total. The summed E-state index contributed by atoms with van der Waals surface area (Å²) in [4.78, 5) is 30.3. The third kappa shape index (κ3) is 6.87. The smallest absolute Gasteiger partial charge is 0.344 e. The normalized spacial score (nSPS) is 15.5. The van der Waals surface area contributed by atoms with Crippen LogP contribution in [0.1, 0.15) is 54.7 Å². The maximum absolute atomic E-state index is 13.2. The Balaban J connectivity index is 1.64. The van der Waals surface area contributed by atoms with Crippen LogP contribution in [0.4, 0.5) is 4.39 Å². The summed E-state index contributed by atoms with van der Waals surface area (Å²) >= 11 is 0.999. The van der Waals surface area contributed by atoms with Gasteiger partial charge in [-0.05, 0) is 59.9 Å². The second-order valence-electron chi connectivity index (χ2n) is 10.1. The molecular weight excluding hydrogens is 529 g/mol. The molecule has 1 aliphatic rings. The van der Waals surface area contributed by atoms with E-state index in [0.717, 1.165) is 22.9 Å². The predicted octanol–water partition coefficient (Wildman–Crippen LogP) is 7.40. The maximum Gasteiger partial charge on any atom is 0.344 e. The van der Waals surface area contributed by atoms with Crippen molar-refractivity contribution in [3.8, 4) is 5.75 Å². The van der Waals surface area contributed by atoms with Crippen LogP contribution in [0, 0.1) is 5.82 Å². The molecule has 0 radical (unpaired) electrons. The largest absolute Gasteiger partial charge is 0.506 e. The highest BCUT2D eigenvalue weighted by molar-refractivity contribution is 8.18. The van der Waals surface area contributed by atoms with Gasteiger partial charge in [-0.25, -0.2) is 14.2 Å². The number of rotatable bonds is 7. The summed E-state index contributed by atoms with van der Waals surface area (Å²) in [5.74, 6) is -1.45. The molecule has 8 heteroatoms. The van der Waals surface area contributed by atoms with Crippen molar-refractivity contribution in [3.05, 3.63) is 117 Å². The molecule has 0 unspecified atom stereocenters. The molecule has 1 amide bonds. The van der Waals surface area contributed by atoms with Crippen LogP contribution in [0.15, 0.2) is 94.0 Å². The molecule has 0 aliphatic carbocycles. The molecule has 0 spiro atoms. The number of nitrogens with zero attached hydrogens (tertiary/aromatic N) is 1. The summed E-state index contributed by atoms with van der Waals surface area (Å²) in [5, 5.41) is 11.1. The Morgan fingerprint density at radius 1 is 1.00 bits per heavy atom. The van der Waals surface area contributed by atoms with E-state index in [9.17, 15) is 19.1 Å². The van der Waals surface area contributed by atoms with Crippen molar-refractivity contribution in [3.63, 3.8) is 0 Å². The summed E-state index contributed by atoms with van der Waals surface area (Å²) in [6.07, 6.45) is 1.66. The standard InChI is InChI=1S/C32H30FNO5S/c1-5-38-31(37)27-28(35)26(40-30(27)34-29(36)21-12-14-23(15-13-21)32(2,3)4)18-22-8-6-7-9-25(22)39-19-20-10-16-24(33)17-11-20/h6-18,35H,5,19H2,1-4H3/b26-18-,34-30?. The maximum atomic E-state index is 13.2. The zero-order chi connectivity index (χ0) is 28.9. The van der Waals surface area contributed by atoms with Gasteiger partial charge in [0.25, 0.3) is 5.91 Å². The van der Waals surface area contributed by atoms with E-state index in [1.807, 2.05) is 18.2 Å². The number of hydrogen-bond donors (Lipinski definition) is 1. The van der Waals surface area contributed by atoms with Crippen LogP contribution in [-0.4, -0.2) is 28.6 Å². The first kappa shape index (κ1) is 28.8. The molecule has 1 aliphatic heterocycles. The fourth-order valence-corrected chi connectivity index (χ4v) is 4.88. The first-order chi connectivity index (χ1) is 19.1. The fraction of sp³-hybridized carbons (Fsp3) is 0.219. The van der Waals surface area contributed by atoms with E-state index in [-0.39, 0.29) is 40.8 Å². The first-order valence-corrected chi connectivity index (χ1v) is 13.6. The molecule has 0 saturated heterocycles. The topological polar surface area (TPSA) is 85.2 Å². The van der Waals surface area contributed by atoms with E-state index in [1.165, 1.54) is 12.1 Å². The summed E-state index contributed by atoms with van der Waals surface area (Å²) in [5.41, 5.74) is 2.62. The Morgan fingerprint density at radius 3 is 2.33 bits per heavy atom. The summed E-state index contributed by atoms with van der Waals surface area (Å²) in [7, 11) is 0. The number of halogens is 1. The molecule has 1 heterocycles. The Bertz CT molecular complexity index is 1500. The summed E-state index contributed by atoms with van der Waals surface area (Å²) < 4.78 is 24.3. The van der Waals surface area contributed by atoms with Gasteiger partial charge in [-0.1, -0.05) is 75.0 Å². The number of aliphatic hydroxyl groups is 1. The monoisotopic (exact) mass is 559 g/mol. The molecule has 0 atom stereocenters. The number of thioether (sulfide) groups is 1. The van der Waals surface area contributed by atoms with Gasteiger partial charge in [-0.15, -0.1) is 0 Å². The predicted molar refractivity (Wildman–Crippen MR) is 156 cm³/mol. The van der Waals surface area contributed by atoms with Crippen LogP contribution < -0.4 is 4.74 Å². The molecule has 3 aromatic carbocycles. The fourth-order valence-electron chi connectivity index (χ4n) is 3.88. The minimum atomic E-state index is -0.772. The third-order valence-electron chi connectivity index (χ3n) is 6.08. The van der Waals surface area contributed by atoms with Crippen LogP contribution in [0.2, 0.25) is 0 Å². The van der Waals surface area contributed by atoms with Crippen molar-refractivity contribution in [1.82, 2.24) is 0 Å². The Hall–Kier alpha value is -4.17. The minimum absolute atomic E-state index is 0.0526. The third-order valence-corrected chi connectivity index (χ3v) is 7.10. The van der Waals surface area contributed by atoms with E-state index in [4.69, 9.17) is 9.47 Å². The summed E-state index contributed by atoms with van der Waals surface area (Å²) in [6, 6.07) is 20.3. The van der Waals surface area contributed by atoms with Crippen LogP contribution >= 0.6 is 11.8 Å². The van der Waals surface area contributed by atoms with Gasteiger partial charge in [0.2, 0.25) is 0 Å². The Labute approximate surface area is 237 Å². The van der Waals surface area contributed by atoms with Crippen LogP contribution in [0.25, 0.3) is 6.08 Å². The zero-order valence-electron chi connectivity index (χ0n) is 22.7. The van der Waals surface area contributed by atoms with Crippen LogP contribution in [0.3, 0.4) is 0 Å². The lowest BCUT2D eigenvalue weighted by Gasteiger charge is -2.18. The van der Waals surface area contributed by atoms with E-state index in [2.05, 4.69) is 25.8 Å². The van der Waals surface area contributed by atoms with Crippen LogP contribution in [-0.2, 0) is 21.6 Å². The zero-order valence-corrected chi connectivity index (χ0v) is 23.5. The highest BCUT2D eigenvalue weighted by Gasteiger charge is 2.34. The van der Waals surface area contributed by atoms with Crippen molar-refractivity contribution in [2.24, 2.45) is 4.99 Å². The molecule has 0 saturated carbocycles. The molecule has 1 N–H and O–H groups in total. The van der Waals surface area contributed by atoms with Gasteiger partial charge >= 0.3 is 5.97 Å². The van der Waals surface area contributed by atoms with Gasteiger partial charge in [0.15, 0.2) is 0 Å². The van der Waals surface area contributed by atoms with Gasteiger partial charge in [0.1, 0.15) is 34.5 Å². The second kappa shape index (κ2) is 12.3. The van der Waals surface area contributed by atoms with Crippen LogP contribution in [0.5, 0.6) is 5.75 Å². The Kier molecular flexibility index (Phi) is 8.90. The van der Waals surface area contributed by atoms with Gasteiger partial charge in [-0.3, -0.25) is 4.79 Å². The van der Waals surface area contributed by atoms with Gasteiger partial charge < -0.3 is 14.6 Å². The molecule has 40 heavy (non-hydrogen) atoms. The molecule has 0 aromatic heterocycles. The van der Waals surface area contributed by atoms with E-state index < -0.39 is 11.9 Å². The lowest BCUT2D eigenvalue weighted by molar-refractivity contribution is -0.138. The quantitative estimate of drug-likeness (QED) is 0.304. The van der Waals surface area contributed by atoms with Crippen molar-refractivity contribution in [2.75, 3.05) is 6.61 Å². The number of amides is 1. The SMILES string of the molecule is CCOC(=O)C1=C(O)/C(=C/c2ccccc2OCc2ccc(F)cc2)SC1=NC(=O)c1ccc(C(C)(C)C)cc1. The van der Waals surface area contributed by atoms with E-state index >= 15 is 0 Å². The molecule has 4 rings (SSSR count). The Morgan fingerprint density at radius 2 is 1.68 bits per heavy atom. The number of carbonyl (C=O) groups excluding carboxylic acids is 2. The number of benzene rings is 3. The molecule has 0 fully saturated rings. The number of esters is 1. The van der Waals surface area contributed by atoms with Crippen molar-refractivity contribution in [1.29, 1.82) is 0 Å². The number of para-hydroxylation sites is 1. The second-order valence-corrected chi connectivity index (χ2v) is 11.1. The average molecular weight is 560 g/mol. The van der Waals surface area contributed by atoms with Crippen molar-refractivity contribution >= 4 is 34.8 Å². The van der Waals surface area contributed by atoms with Crippen molar-refractivity contribution in [2.45, 2.75) is 39.7 Å². The lowest BCUT2D eigenvalue weighted by atomic mass is 9.87. The number of aliphatic imine (C=N–C) groups is 1. The van der Waals surface area contributed by atoms with Gasteiger partial charge in [0.05, 0.1) is 11.5 Å². The number of hydrogen-bond acceptors (Lipinski definition) is 6. The number of ether oxygens (including phenoxy) is 2. The number of aliphatic hydroxyl groups excluding tert-OH is 1. The number of carbonyl (C=O) groups is 2. The van der Waals surface area contributed by atoms with Gasteiger partial charge in [0, 0.05) is 11.1 Å². The molecular formula is C32H30FNO5S. The van der Waals surface area contributed by atoms with Crippen molar-refractivity contribution < 1.29 is 28.6 Å². The lowest BCUT2D eigenvalue weighted by Crippen LogP contribution is -2.14. The highest BCUT2D eigenvalue weighted by Crippen LogP contribution is 2.40. The van der Waals surface area contributed by atoms with E-state index in [0.29, 0.717) is 21.8 Å². The molecule has 0 bridgehead atoms. The minimum Gasteiger partial charge on any atom is -0.506 e. The molecule has 3 aromatic rings. The van der Waals surface area contributed by atoms with Gasteiger partial charge in [-0.2, -0.15) is 0 Å². The highest BCUT2D eigenvalue weighted by atomic mass is 32.2. The summed E-state index contributed by atoms with van der Waals surface area (Å²) in [6.45, 7) is 8.20.